The van der Waals surface area contributed by atoms with E-state index < -0.39 is 0 Å². The third kappa shape index (κ3) is 2.42. The van der Waals surface area contributed by atoms with Crippen LogP contribution < -0.4 is 5.73 Å². The van der Waals surface area contributed by atoms with Crippen molar-refractivity contribution in [3.63, 3.8) is 0 Å². The van der Waals surface area contributed by atoms with Crippen LogP contribution in [0.3, 0.4) is 0 Å². The summed E-state index contributed by atoms with van der Waals surface area (Å²) in [6.07, 6.45) is 1.67. The van der Waals surface area contributed by atoms with E-state index in [1.165, 1.54) is 0 Å². The quantitative estimate of drug-likeness (QED) is 0.883. The summed E-state index contributed by atoms with van der Waals surface area (Å²) in [5.41, 5.74) is 7.10. The highest BCUT2D eigenvalue weighted by Crippen LogP contribution is 2.37. The van der Waals surface area contributed by atoms with Gasteiger partial charge in [-0.05, 0) is 19.1 Å². The summed E-state index contributed by atoms with van der Waals surface area (Å²) in [6, 6.07) is 3.81. The molecule has 2 heterocycles. The number of nitrogens with two attached hydrogens (primary N) is 1. The third-order valence-electron chi connectivity index (χ3n) is 2.51. The Kier molecular flexibility index (Phi) is 3.10. The summed E-state index contributed by atoms with van der Waals surface area (Å²) in [6.45, 7) is 8.45. The summed E-state index contributed by atoms with van der Waals surface area (Å²) >= 11 is 1.62. The van der Waals surface area contributed by atoms with Gasteiger partial charge in [0.1, 0.15) is 0 Å². The van der Waals surface area contributed by atoms with E-state index in [2.05, 4.69) is 25.8 Å². The average Bonchev–Trinajstić information content (AvgIpc) is 2.85. The van der Waals surface area contributed by atoms with E-state index in [9.17, 15) is 0 Å². The van der Waals surface area contributed by atoms with Gasteiger partial charge >= 0.3 is 0 Å². The van der Waals surface area contributed by atoms with Gasteiger partial charge in [0.25, 0.3) is 0 Å². The number of rotatable bonds is 2. The van der Waals surface area contributed by atoms with Crippen molar-refractivity contribution >= 4 is 11.3 Å². The molecular weight excluding hydrogens is 232 g/mol. The van der Waals surface area contributed by atoms with Crippen LogP contribution in [-0.4, -0.2) is 4.98 Å². The second-order valence-corrected chi connectivity index (χ2v) is 6.28. The lowest BCUT2D eigenvalue weighted by Crippen LogP contribution is -2.17. The van der Waals surface area contributed by atoms with Crippen LogP contribution in [0, 0.1) is 0 Å². The average molecular weight is 250 g/mol. The first-order valence-corrected chi connectivity index (χ1v) is 6.52. The van der Waals surface area contributed by atoms with Crippen LogP contribution in [0.5, 0.6) is 0 Å². The normalized spacial score (nSPS) is 13.9. The highest BCUT2D eigenvalue weighted by atomic mass is 32.1. The zero-order chi connectivity index (χ0) is 12.6. The van der Waals surface area contributed by atoms with Gasteiger partial charge in [0, 0.05) is 16.3 Å². The third-order valence-corrected chi connectivity index (χ3v) is 3.78. The monoisotopic (exact) mass is 250 g/mol. The fraction of sp³-hybridized carbons (Fsp3) is 0.462. The molecule has 3 nitrogen and oxygen atoms in total. The van der Waals surface area contributed by atoms with Gasteiger partial charge in [-0.3, -0.25) is 0 Å². The van der Waals surface area contributed by atoms with Gasteiger partial charge in [-0.2, -0.15) is 0 Å². The largest absolute Gasteiger partial charge is 0.462 e. The maximum atomic E-state index is 6.02. The molecule has 92 valence electrons. The van der Waals surface area contributed by atoms with Crippen molar-refractivity contribution in [3.05, 3.63) is 29.0 Å². The number of thiazole rings is 1. The fourth-order valence-corrected chi connectivity index (χ4v) is 2.88. The highest BCUT2D eigenvalue weighted by molar-refractivity contribution is 7.15. The lowest BCUT2D eigenvalue weighted by atomic mass is 9.90. The van der Waals surface area contributed by atoms with Crippen molar-refractivity contribution in [2.75, 3.05) is 0 Å². The van der Waals surface area contributed by atoms with Crippen molar-refractivity contribution in [2.24, 2.45) is 5.73 Å². The standard InChI is InChI=1S/C13H18N2OS/c1-8(14)10-11(13(2,3)4)15-12(17-10)9-6-5-7-16-9/h5-8H,14H2,1-4H3. The Morgan fingerprint density at radius 1 is 1.41 bits per heavy atom. The van der Waals surface area contributed by atoms with E-state index in [0.29, 0.717) is 0 Å². The predicted molar refractivity (Wildman–Crippen MR) is 71.1 cm³/mol. The van der Waals surface area contributed by atoms with Crippen LogP contribution in [0.4, 0.5) is 0 Å². The van der Waals surface area contributed by atoms with Crippen molar-refractivity contribution in [3.8, 4) is 10.8 Å². The van der Waals surface area contributed by atoms with Crippen molar-refractivity contribution in [2.45, 2.75) is 39.2 Å². The minimum Gasteiger partial charge on any atom is -0.462 e. The predicted octanol–water partition coefficient (Wildman–Crippen LogP) is 3.72. The Morgan fingerprint density at radius 3 is 2.53 bits per heavy atom. The molecule has 2 aromatic rings. The Labute approximate surface area is 106 Å². The van der Waals surface area contributed by atoms with E-state index in [4.69, 9.17) is 10.2 Å². The Morgan fingerprint density at radius 2 is 2.12 bits per heavy atom. The van der Waals surface area contributed by atoms with E-state index in [1.54, 1.807) is 17.6 Å². The molecule has 0 amide bonds. The molecule has 0 saturated carbocycles. The molecule has 0 aromatic carbocycles. The molecule has 0 aliphatic rings. The van der Waals surface area contributed by atoms with Crippen molar-refractivity contribution < 1.29 is 4.42 Å². The van der Waals surface area contributed by atoms with Crippen LogP contribution in [0.25, 0.3) is 10.8 Å². The fourth-order valence-electron chi connectivity index (χ4n) is 1.68. The molecule has 0 spiro atoms. The van der Waals surface area contributed by atoms with Crippen LogP contribution in [-0.2, 0) is 5.41 Å². The molecule has 0 aliphatic carbocycles. The smallest absolute Gasteiger partial charge is 0.162 e. The number of hydrogen-bond donors (Lipinski definition) is 1. The van der Waals surface area contributed by atoms with Crippen LogP contribution in [0.15, 0.2) is 22.8 Å². The van der Waals surface area contributed by atoms with Gasteiger partial charge in [0.05, 0.1) is 12.0 Å². The van der Waals surface area contributed by atoms with Crippen LogP contribution >= 0.6 is 11.3 Å². The number of furan rings is 1. The van der Waals surface area contributed by atoms with E-state index in [0.717, 1.165) is 21.3 Å². The van der Waals surface area contributed by atoms with Crippen molar-refractivity contribution in [1.82, 2.24) is 4.98 Å². The van der Waals surface area contributed by atoms with E-state index >= 15 is 0 Å². The second-order valence-electron chi connectivity index (χ2n) is 5.25. The Bertz CT molecular complexity index is 492. The Hall–Kier alpha value is -1.13. The van der Waals surface area contributed by atoms with Gasteiger partial charge in [-0.1, -0.05) is 20.8 Å². The first-order chi connectivity index (χ1) is 7.89. The zero-order valence-corrected chi connectivity index (χ0v) is 11.5. The minimum absolute atomic E-state index is 0.00427. The molecular formula is C13H18N2OS. The second kappa shape index (κ2) is 4.27. The maximum Gasteiger partial charge on any atom is 0.162 e. The molecule has 2 N–H and O–H groups in total. The van der Waals surface area contributed by atoms with Gasteiger partial charge in [-0.25, -0.2) is 4.98 Å². The Balaban J connectivity index is 2.53. The van der Waals surface area contributed by atoms with E-state index in [1.807, 2.05) is 19.1 Å². The maximum absolute atomic E-state index is 6.02. The highest BCUT2D eigenvalue weighted by Gasteiger charge is 2.25. The number of nitrogens with zero attached hydrogens (tertiary/aromatic N) is 1. The number of aromatic nitrogens is 1. The van der Waals surface area contributed by atoms with Gasteiger partial charge in [0.2, 0.25) is 0 Å². The summed E-state index contributed by atoms with van der Waals surface area (Å²) < 4.78 is 5.39. The van der Waals surface area contributed by atoms with Crippen LogP contribution in [0.1, 0.15) is 44.3 Å². The SMILES string of the molecule is CC(N)c1sc(-c2ccco2)nc1C(C)(C)C. The topological polar surface area (TPSA) is 52.0 Å². The minimum atomic E-state index is 0.00427. The number of hydrogen-bond acceptors (Lipinski definition) is 4. The molecule has 0 fully saturated rings. The molecule has 0 radical (unpaired) electrons. The first kappa shape index (κ1) is 12.3. The lowest BCUT2D eigenvalue weighted by Gasteiger charge is -2.18. The van der Waals surface area contributed by atoms with Gasteiger partial charge < -0.3 is 10.2 Å². The zero-order valence-electron chi connectivity index (χ0n) is 10.7. The summed E-state index contributed by atoms with van der Waals surface area (Å²) in [5, 5.41) is 0.909. The molecule has 2 rings (SSSR count). The molecule has 0 aliphatic heterocycles. The molecule has 17 heavy (non-hydrogen) atoms. The van der Waals surface area contributed by atoms with Gasteiger partial charge in [-0.15, -0.1) is 11.3 Å². The van der Waals surface area contributed by atoms with Gasteiger partial charge in [0.15, 0.2) is 10.8 Å². The first-order valence-electron chi connectivity index (χ1n) is 5.70. The van der Waals surface area contributed by atoms with Crippen molar-refractivity contribution in [1.29, 1.82) is 0 Å². The summed E-state index contributed by atoms with van der Waals surface area (Å²) in [5.74, 6) is 0.812. The molecule has 0 bridgehead atoms. The lowest BCUT2D eigenvalue weighted by molar-refractivity contribution is 0.556. The molecule has 0 saturated heterocycles. The summed E-state index contributed by atoms with van der Waals surface area (Å²) in [7, 11) is 0. The molecule has 1 atom stereocenters. The van der Waals surface area contributed by atoms with E-state index in [-0.39, 0.29) is 11.5 Å². The molecule has 1 unspecified atom stereocenters. The molecule has 4 heteroatoms. The molecule has 2 aromatic heterocycles. The van der Waals surface area contributed by atoms with Crippen LogP contribution in [0.2, 0.25) is 0 Å². The summed E-state index contributed by atoms with van der Waals surface area (Å²) in [4.78, 5) is 5.83.